The van der Waals surface area contributed by atoms with E-state index in [1.54, 1.807) is 30.3 Å². The van der Waals surface area contributed by atoms with Crippen molar-refractivity contribution in [1.29, 1.82) is 0 Å². The van der Waals surface area contributed by atoms with Gasteiger partial charge < -0.3 is 15.5 Å². The van der Waals surface area contributed by atoms with Gasteiger partial charge in [-0.05, 0) is 39.2 Å². The van der Waals surface area contributed by atoms with Crippen LogP contribution in [0.2, 0.25) is 0 Å². The fourth-order valence-corrected chi connectivity index (χ4v) is 2.92. The van der Waals surface area contributed by atoms with Crippen molar-refractivity contribution in [1.82, 2.24) is 10.2 Å². The molecule has 7 nitrogen and oxygen atoms in total. The van der Waals surface area contributed by atoms with Gasteiger partial charge >= 0.3 is 0 Å². The van der Waals surface area contributed by atoms with Crippen molar-refractivity contribution in [2.45, 2.75) is 6.42 Å². The summed E-state index contributed by atoms with van der Waals surface area (Å²) in [6.45, 7) is 1.20. The molecule has 0 aliphatic rings. The van der Waals surface area contributed by atoms with Crippen molar-refractivity contribution in [3.05, 3.63) is 30.3 Å². The Balaban J connectivity index is 2.37. The van der Waals surface area contributed by atoms with E-state index < -0.39 is 33.2 Å². The molecule has 0 saturated carbocycles. The molecule has 0 atom stereocenters. The van der Waals surface area contributed by atoms with Gasteiger partial charge in [0.05, 0.1) is 0 Å². The first-order valence-corrected chi connectivity index (χ1v) is 9.07. The quantitative estimate of drug-likeness (QED) is 0.622. The summed E-state index contributed by atoms with van der Waals surface area (Å²) in [5.41, 5.74) is 0.515. The molecule has 0 heterocycles. The molecule has 0 bridgehead atoms. The number of hydrogen-bond donors (Lipinski definition) is 2. The van der Waals surface area contributed by atoms with Crippen molar-refractivity contribution in [3.8, 4) is 0 Å². The van der Waals surface area contributed by atoms with Gasteiger partial charge in [-0.25, -0.2) is 8.42 Å². The summed E-state index contributed by atoms with van der Waals surface area (Å²) in [6.07, 6.45) is 0.729. The van der Waals surface area contributed by atoms with E-state index in [1.165, 1.54) is 0 Å². The van der Waals surface area contributed by atoms with Crippen LogP contribution < -0.4 is 10.6 Å². The van der Waals surface area contributed by atoms with Gasteiger partial charge in [0.15, 0.2) is 9.84 Å². The van der Waals surface area contributed by atoms with Gasteiger partial charge in [-0.15, -0.1) is 0 Å². The summed E-state index contributed by atoms with van der Waals surface area (Å²) in [5, 5.41) is 5.02. The smallest absolute Gasteiger partial charge is 0.239 e. The number of hydrogen-bond acceptors (Lipinski definition) is 5. The van der Waals surface area contributed by atoms with Crippen LogP contribution in [0.5, 0.6) is 0 Å². The summed E-state index contributed by atoms with van der Waals surface area (Å²) >= 11 is 0. The molecule has 2 N–H and O–H groups in total. The lowest BCUT2D eigenvalue weighted by Crippen LogP contribution is -2.35. The van der Waals surface area contributed by atoms with Crippen LogP contribution in [0.3, 0.4) is 0 Å². The number of anilines is 1. The third-order valence-corrected chi connectivity index (χ3v) is 4.27. The Morgan fingerprint density at radius 1 is 1.04 bits per heavy atom. The maximum atomic E-state index is 11.9. The Bertz CT molecular complexity index is 615. The summed E-state index contributed by atoms with van der Waals surface area (Å²) in [4.78, 5) is 25.3. The van der Waals surface area contributed by atoms with Gasteiger partial charge in [0.1, 0.15) is 11.5 Å². The van der Waals surface area contributed by atoms with Gasteiger partial charge in [-0.1, -0.05) is 18.2 Å². The number of nitrogens with zero attached hydrogens (tertiary/aromatic N) is 1. The molecule has 1 rings (SSSR count). The first-order valence-electron chi connectivity index (χ1n) is 7.25. The maximum Gasteiger partial charge on any atom is 0.239 e. The van der Waals surface area contributed by atoms with E-state index >= 15 is 0 Å². The lowest BCUT2D eigenvalue weighted by Gasteiger charge is -2.10. The van der Waals surface area contributed by atoms with E-state index in [4.69, 9.17) is 0 Å². The second kappa shape index (κ2) is 9.26. The Morgan fingerprint density at radius 2 is 1.65 bits per heavy atom. The van der Waals surface area contributed by atoms with E-state index in [0.717, 1.165) is 13.0 Å². The molecule has 128 valence electrons. The fraction of sp³-hybridized carbons (Fsp3) is 0.467. The summed E-state index contributed by atoms with van der Waals surface area (Å²) in [6, 6.07) is 8.55. The number of nitrogens with one attached hydrogen (secondary N) is 2. The molecule has 2 amide bonds. The first-order chi connectivity index (χ1) is 10.8. The molecule has 0 spiro atoms. The largest absolute Gasteiger partial charge is 0.355 e. The Morgan fingerprint density at radius 3 is 2.26 bits per heavy atom. The minimum atomic E-state index is -3.79. The summed E-state index contributed by atoms with van der Waals surface area (Å²) < 4.78 is 23.7. The predicted molar refractivity (Wildman–Crippen MR) is 89.9 cm³/mol. The third kappa shape index (κ3) is 8.94. The van der Waals surface area contributed by atoms with Crippen LogP contribution in [0.4, 0.5) is 5.69 Å². The van der Waals surface area contributed by atoms with Gasteiger partial charge in [0, 0.05) is 12.2 Å². The average molecular weight is 341 g/mol. The van der Waals surface area contributed by atoms with Crippen molar-refractivity contribution in [2.75, 3.05) is 44.0 Å². The van der Waals surface area contributed by atoms with Gasteiger partial charge in [-0.3, -0.25) is 9.59 Å². The topological polar surface area (TPSA) is 95.6 Å². The highest BCUT2D eigenvalue weighted by Gasteiger charge is 2.20. The van der Waals surface area contributed by atoms with Crippen LogP contribution in [-0.4, -0.2) is 63.8 Å². The second-order valence-electron chi connectivity index (χ2n) is 5.45. The molecule has 0 aliphatic heterocycles. The van der Waals surface area contributed by atoms with E-state index in [2.05, 4.69) is 10.6 Å². The Hall–Kier alpha value is -1.93. The van der Waals surface area contributed by atoms with E-state index in [0.29, 0.717) is 12.2 Å². The Kier molecular flexibility index (Phi) is 7.70. The molecule has 1 aromatic rings. The number of para-hydroxylation sites is 1. The molecule has 0 saturated heterocycles. The molecule has 0 aromatic heterocycles. The van der Waals surface area contributed by atoms with Gasteiger partial charge in [0.25, 0.3) is 0 Å². The number of sulfone groups is 1. The van der Waals surface area contributed by atoms with Crippen LogP contribution in [0.15, 0.2) is 30.3 Å². The van der Waals surface area contributed by atoms with E-state index in [9.17, 15) is 18.0 Å². The first kappa shape index (κ1) is 19.1. The van der Waals surface area contributed by atoms with Crippen LogP contribution >= 0.6 is 0 Å². The van der Waals surface area contributed by atoms with Gasteiger partial charge in [0.2, 0.25) is 11.8 Å². The number of carbonyl (C=O) groups is 2. The number of rotatable bonds is 9. The Labute approximate surface area is 137 Å². The number of amides is 2. The minimum absolute atomic E-state index is 0.406. The molecule has 23 heavy (non-hydrogen) atoms. The van der Waals surface area contributed by atoms with E-state index in [1.807, 2.05) is 19.0 Å². The normalized spacial score (nSPS) is 11.3. The molecule has 0 radical (unpaired) electrons. The molecule has 0 fully saturated rings. The lowest BCUT2D eigenvalue weighted by molar-refractivity contribution is -0.118. The van der Waals surface area contributed by atoms with Crippen molar-refractivity contribution in [2.24, 2.45) is 0 Å². The third-order valence-electron chi connectivity index (χ3n) is 2.86. The van der Waals surface area contributed by atoms with Crippen molar-refractivity contribution >= 4 is 27.3 Å². The zero-order chi connectivity index (χ0) is 17.3. The summed E-state index contributed by atoms with van der Waals surface area (Å²) in [7, 11) is 0.0405. The van der Waals surface area contributed by atoms with Gasteiger partial charge in [-0.2, -0.15) is 0 Å². The fourth-order valence-electron chi connectivity index (χ4n) is 1.84. The molecular weight excluding hydrogens is 318 g/mol. The maximum absolute atomic E-state index is 11.9. The number of carbonyl (C=O) groups excluding carboxylic acids is 2. The molecule has 1 aromatic carbocycles. The second-order valence-corrected chi connectivity index (χ2v) is 7.52. The monoisotopic (exact) mass is 341 g/mol. The van der Waals surface area contributed by atoms with Crippen LogP contribution in [-0.2, 0) is 19.4 Å². The SMILES string of the molecule is CN(C)CCCNC(=O)CS(=O)(=O)CC(=O)Nc1ccccc1. The molecular formula is C15H23N3O4S. The highest BCUT2D eigenvalue weighted by atomic mass is 32.2. The summed E-state index contributed by atoms with van der Waals surface area (Å²) in [5.74, 6) is -2.64. The molecule has 0 unspecified atom stereocenters. The van der Waals surface area contributed by atoms with E-state index in [-0.39, 0.29) is 0 Å². The van der Waals surface area contributed by atoms with Crippen molar-refractivity contribution < 1.29 is 18.0 Å². The van der Waals surface area contributed by atoms with Crippen LogP contribution in [0, 0.1) is 0 Å². The predicted octanol–water partition coefficient (Wildman–Crippen LogP) is 0.108. The standard InChI is InChI=1S/C15H23N3O4S/c1-18(2)10-6-9-16-14(19)11-23(21,22)12-15(20)17-13-7-4-3-5-8-13/h3-5,7-8H,6,9-12H2,1-2H3,(H,16,19)(H,17,20). The van der Waals surface area contributed by atoms with Crippen LogP contribution in [0.1, 0.15) is 6.42 Å². The zero-order valence-electron chi connectivity index (χ0n) is 13.4. The van der Waals surface area contributed by atoms with Crippen molar-refractivity contribution in [3.63, 3.8) is 0 Å². The van der Waals surface area contributed by atoms with Crippen LogP contribution in [0.25, 0.3) is 0 Å². The number of benzene rings is 1. The lowest BCUT2D eigenvalue weighted by atomic mass is 10.3. The minimum Gasteiger partial charge on any atom is -0.355 e. The highest BCUT2D eigenvalue weighted by molar-refractivity contribution is 7.92. The highest BCUT2D eigenvalue weighted by Crippen LogP contribution is 2.05. The molecule has 0 aliphatic carbocycles. The zero-order valence-corrected chi connectivity index (χ0v) is 14.2. The average Bonchev–Trinajstić information content (AvgIpc) is 2.43. The molecule has 8 heteroatoms.